The Bertz CT molecular complexity index is 409. The van der Waals surface area contributed by atoms with Crippen LogP contribution in [0.15, 0.2) is 12.1 Å². The number of benzene rings is 1. The Morgan fingerprint density at radius 3 is 2.56 bits per heavy atom. The molecule has 5 heteroatoms. The average molecular weight is 270 g/mol. The Balaban J connectivity index is 2.59. The molecule has 0 spiro atoms. The minimum atomic E-state index is -0.231. The van der Waals surface area contributed by atoms with E-state index in [1.807, 2.05) is 45.0 Å². The Labute approximate surface area is 113 Å². The number of nitrogens with one attached hydrogen (secondary N) is 2. The Hall–Kier alpha value is -1.26. The number of carbonyl (C=O) groups excluding carboxylic acids is 1. The smallest absolute Gasteiger partial charge is 0.319 e. The van der Waals surface area contributed by atoms with E-state index in [-0.39, 0.29) is 6.03 Å². The van der Waals surface area contributed by atoms with Crippen LogP contribution < -0.4 is 10.6 Å². The van der Waals surface area contributed by atoms with Crippen molar-refractivity contribution < 1.29 is 4.79 Å². The Kier molecular flexibility index (Phi) is 5.44. The van der Waals surface area contributed by atoms with Gasteiger partial charge in [-0.15, -0.1) is 0 Å². The molecule has 100 valence electrons. The van der Waals surface area contributed by atoms with E-state index < -0.39 is 0 Å². The number of nitrogens with zero attached hydrogens (tertiary/aromatic N) is 1. The Morgan fingerprint density at radius 1 is 1.33 bits per heavy atom. The van der Waals surface area contributed by atoms with Crippen molar-refractivity contribution in [3.63, 3.8) is 0 Å². The molecule has 0 radical (unpaired) electrons. The minimum absolute atomic E-state index is 0.231. The highest BCUT2D eigenvalue weighted by molar-refractivity contribution is 6.34. The maximum atomic E-state index is 11.7. The first-order valence-electron chi connectivity index (χ1n) is 5.86. The largest absolute Gasteiger partial charge is 0.337 e. The first-order chi connectivity index (χ1) is 8.40. The summed E-state index contributed by atoms with van der Waals surface area (Å²) in [4.78, 5) is 13.7. The SMILES string of the molecule is Cc1cc(C)c(NC(=O)NCCN(C)C)c(Cl)c1. The normalized spacial score (nSPS) is 10.6. The topological polar surface area (TPSA) is 44.4 Å². The van der Waals surface area contributed by atoms with Crippen molar-refractivity contribution in [1.82, 2.24) is 10.2 Å². The molecule has 0 bridgehead atoms. The number of halogens is 1. The van der Waals surface area contributed by atoms with Crippen molar-refractivity contribution in [1.29, 1.82) is 0 Å². The van der Waals surface area contributed by atoms with Gasteiger partial charge in [-0.25, -0.2) is 4.79 Å². The van der Waals surface area contributed by atoms with Crippen LogP contribution in [-0.4, -0.2) is 38.1 Å². The summed E-state index contributed by atoms with van der Waals surface area (Å²) in [5.41, 5.74) is 2.71. The third-order valence-corrected chi connectivity index (χ3v) is 2.81. The zero-order chi connectivity index (χ0) is 13.7. The first kappa shape index (κ1) is 14.8. The molecule has 0 fully saturated rings. The standard InChI is InChI=1S/C13H20ClN3O/c1-9-7-10(2)12(11(14)8-9)16-13(18)15-5-6-17(3)4/h7-8H,5-6H2,1-4H3,(H2,15,16,18). The lowest BCUT2D eigenvalue weighted by Gasteiger charge is -2.14. The number of hydrogen-bond donors (Lipinski definition) is 2. The molecule has 0 aliphatic rings. The van der Waals surface area contributed by atoms with Crippen molar-refractivity contribution in [3.05, 3.63) is 28.3 Å². The molecular weight excluding hydrogens is 250 g/mol. The van der Waals surface area contributed by atoms with Gasteiger partial charge in [0.15, 0.2) is 0 Å². The third-order valence-electron chi connectivity index (χ3n) is 2.51. The van der Waals surface area contributed by atoms with Crippen molar-refractivity contribution >= 4 is 23.3 Å². The maximum absolute atomic E-state index is 11.7. The van der Waals surface area contributed by atoms with Crippen LogP contribution in [0.3, 0.4) is 0 Å². The van der Waals surface area contributed by atoms with Gasteiger partial charge in [-0.1, -0.05) is 17.7 Å². The van der Waals surface area contributed by atoms with Crippen LogP contribution in [0.1, 0.15) is 11.1 Å². The fourth-order valence-corrected chi connectivity index (χ4v) is 1.99. The van der Waals surface area contributed by atoms with Crippen LogP contribution in [-0.2, 0) is 0 Å². The second-order valence-corrected chi connectivity index (χ2v) is 5.03. The van der Waals surface area contributed by atoms with E-state index in [1.54, 1.807) is 0 Å². The molecule has 0 atom stereocenters. The van der Waals surface area contributed by atoms with Crippen LogP contribution in [0.4, 0.5) is 10.5 Å². The van der Waals surface area contributed by atoms with Crippen molar-refractivity contribution in [2.75, 3.05) is 32.5 Å². The van der Waals surface area contributed by atoms with E-state index in [4.69, 9.17) is 11.6 Å². The highest BCUT2D eigenvalue weighted by atomic mass is 35.5. The molecule has 0 aromatic heterocycles. The monoisotopic (exact) mass is 269 g/mol. The highest BCUT2D eigenvalue weighted by Crippen LogP contribution is 2.27. The lowest BCUT2D eigenvalue weighted by atomic mass is 10.1. The van der Waals surface area contributed by atoms with Gasteiger partial charge in [0, 0.05) is 13.1 Å². The molecule has 0 saturated heterocycles. The van der Waals surface area contributed by atoms with Gasteiger partial charge in [0.05, 0.1) is 10.7 Å². The summed E-state index contributed by atoms with van der Waals surface area (Å²) >= 11 is 6.11. The van der Waals surface area contributed by atoms with Gasteiger partial charge in [-0.05, 0) is 45.1 Å². The molecule has 4 nitrogen and oxygen atoms in total. The predicted octanol–water partition coefficient (Wildman–Crippen LogP) is 2.64. The van der Waals surface area contributed by atoms with Gasteiger partial charge >= 0.3 is 6.03 Å². The van der Waals surface area contributed by atoms with Crippen LogP contribution in [0, 0.1) is 13.8 Å². The predicted molar refractivity (Wildman–Crippen MR) is 76.5 cm³/mol. The molecular formula is C13H20ClN3O. The summed E-state index contributed by atoms with van der Waals surface area (Å²) < 4.78 is 0. The minimum Gasteiger partial charge on any atom is -0.337 e. The zero-order valence-electron chi connectivity index (χ0n) is 11.3. The van der Waals surface area contributed by atoms with E-state index in [1.165, 1.54) is 0 Å². The lowest BCUT2D eigenvalue weighted by Crippen LogP contribution is -2.34. The van der Waals surface area contributed by atoms with Gasteiger partial charge in [-0.3, -0.25) is 0 Å². The summed E-state index contributed by atoms with van der Waals surface area (Å²) in [6.07, 6.45) is 0. The molecule has 0 heterocycles. The second-order valence-electron chi connectivity index (χ2n) is 4.62. The molecule has 0 aliphatic carbocycles. The maximum Gasteiger partial charge on any atom is 0.319 e. The van der Waals surface area contributed by atoms with Crippen LogP contribution >= 0.6 is 11.6 Å². The van der Waals surface area contributed by atoms with E-state index in [2.05, 4.69) is 10.6 Å². The zero-order valence-corrected chi connectivity index (χ0v) is 12.1. The highest BCUT2D eigenvalue weighted by Gasteiger charge is 2.08. The quantitative estimate of drug-likeness (QED) is 0.883. The molecule has 0 unspecified atom stereocenters. The molecule has 2 amide bonds. The summed E-state index contributed by atoms with van der Waals surface area (Å²) in [7, 11) is 3.92. The lowest BCUT2D eigenvalue weighted by molar-refractivity contribution is 0.250. The molecule has 0 saturated carbocycles. The van der Waals surface area contributed by atoms with Gasteiger partial charge in [0.25, 0.3) is 0 Å². The molecule has 1 rings (SSSR count). The molecule has 1 aromatic rings. The third kappa shape index (κ3) is 4.55. The van der Waals surface area contributed by atoms with E-state index in [0.717, 1.165) is 17.7 Å². The van der Waals surface area contributed by atoms with Crippen molar-refractivity contribution in [3.8, 4) is 0 Å². The van der Waals surface area contributed by atoms with Gasteiger partial charge in [-0.2, -0.15) is 0 Å². The number of anilines is 1. The van der Waals surface area contributed by atoms with Gasteiger partial charge in [0.2, 0.25) is 0 Å². The summed E-state index contributed by atoms with van der Waals surface area (Å²) in [5, 5.41) is 6.13. The summed E-state index contributed by atoms with van der Waals surface area (Å²) in [6, 6.07) is 3.59. The van der Waals surface area contributed by atoms with Crippen molar-refractivity contribution in [2.24, 2.45) is 0 Å². The first-order valence-corrected chi connectivity index (χ1v) is 6.24. The van der Waals surface area contributed by atoms with E-state index in [0.29, 0.717) is 17.3 Å². The number of likely N-dealkylation sites (N-methyl/N-ethyl adjacent to an activating group) is 1. The van der Waals surface area contributed by atoms with Crippen LogP contribution in [0.5, 0.6) is 0 Å². The molecule has 1 aromatic carbocycles. The Morgan fingerprint density at radius 2 is 2.00 bits per heavy atom. The summed E-state index contributed by atoms with van der Waals surface area (Å²) in [6.45, 7) is 5.30. The fraction of sp³-hybridized carbons (Fsp3) is 0.462. The second kappa shape index (κ2) is 6.61. The number of hydrogen-bond acceptors (Lipinski definition) is 2. The van der Waals surface area contributed by atoms with Crippen molar-refractivity contribution in [2.45, 2.75) is 13.8 Å². The number of aryl methyl sites for hydroxylation is 2. The number of urea groups is 1. The van der Waals surface area contributed by atoms with Gasteiger partial charge < -0.3 is 15.5 Å². The average Bonchev–Trinajstić information content (AvgIpc) is 2.22. The fourth-order valence-electron chi connectivity index (χ4n) is 1.62. The van der Waals surface area contributed by atoms with E-state index >= 15 is 0 Å². The van der Waals surface area contributed by atoms with Crippen LogP contribution in [0.25, 0.3) is 0 Å². The molecule has 18 heavy (non-hydrogen) atoms. The molecule has 2 N–H and O–H groups in total. The number of rotatable bonds is 4. The summed E-state index contributed by atoms with van der Waals surface area (Å²) in [5.74, 6) is 0. The molecule has 0 aliphatic heterocycles. The number of amides is 2. The van der Waals surface area contributed by atoms with Crippen LogP contribution in [0.2, 0.25) is 5.02 Å². The van der Waals surface area contributed by atoms with Gasteiger partial charge in [0.1, 0.15) is 0 Å². The number of carbonyl (C=O) groups is 1. The van der Waals surface area contributed by atoms with E-state index in [9.17, 15) is 4.79 Å².